The third-order valence-electron chi connectivity index (χ3n) is 1.58. The van der Waals surface area contributed by atoms with Crippen molar-refractivity contribution in [3.8, 4) is 0 Å². The maximum absolute atomic E-state index is 3.69. The first-order valence-electron chi connectivity index (χ1n) is 3.21. The van der Waals surface area contributed by atoms with Gasteiger partial charge in [0.25, 0.3) is 0 Å². The molecule has 0 aromatic heterocycles. The van der Waals surface area contributed by atoms with Crippen molar-refractivity contribution in [1.29, 1.82) is 0 Å². The second-order valence-corrected chi connectivity index (χ2v) is 2.29. The largest absolute Gasteiger partial charge is 0.103 e. The predicted octanol–water partition coefficient (Wildman–Crippen LogP) is 2.53. The summed E-state index contributed by atoms with van der Waals surface area (Å²) in [6.45, 7) is 3.69. The molecule has 0 radical (unpaired) electrons. The van der Waals surface area contributed by atoms with Crippen LogP contribution in [0.5, 0.6) is 0 Å². The van der Waals surface area contributed by atoms with Crippen LogP contribution in [-0.4, -0.2) is 0 Å². The minimum atomic E-state index is 0.812. The summed E-state index contributed by atoms with van der Waals surface area (Å²) < 4.78 is 0. The van der Waals surface area contributed by atoms with E-state index >= 15 is 0 Å². The minimum Gasteiger partial charge on any atom is -0.103 e. The molecule has 0 unspecified atom stereocenters. The first-order valence-corrected chi connectivity index (χ1v) is 3.21. The van der Waals surface area contributed by atoms with Crippen molar-refractivity contribution in [3.05, 3.63) is 24.8 Å². The molecule has 0 aromatic rings. The average molecular weight is 108 g/mol. The van der Waals surface area contributed by atoms with E-state index in [4.69, 9.17) is 0 Å². The first kappa shape index (κ1) is 5.61. The molecule has 0 bridgehead atoms. The van der Waals surface area contributed by atoms with Crippen molar-refractivity contribution in [2.45, 2.75) is 19.3 Å². The Balaban J connectivity index is 2.25. The Hall–Kier alpha value is -0.520. The molecule has 1 aliphatic rings. The van der Waals surface area contributed by atoms with Crippen LogP contribution >= 0.6 is 0 Å². The second-order valence-electron chi connectivity index (χ2n) is 2.29. The van der Waals surface area contributed by atoms with E-state index in [1.807, 2.05) is 6.08 Å². The van der Waals surface area contributed by atoms with Gasteiger partial charge in [0.1, 0.15) is 0 Å². The lowest BCUT2D eigenvalue weighted by atomic mass is 10.1. The topological polar surface area (TPSA) is 0 Å². The molecule has 0 heterocycles. The molecule has 44 valence electrons. The van der Waals surface area contributed by atoms with Gasteiger partial charge in [-0.3, -0.25) is 0 Å². The van der Waals surface area contributed by atoms with Crippen LogP contribution in [0.3, 0.4) is 0 Å². The van der Waals surface area contributed by atoms with E-state index in [2.05, 4.69) is 18.7 Å². The van der Waals surface area contributed by atoms with Crippen LogP contribution in [-0.2, 0) is 0 Å². The molecule has 0 aliphatic heterocycles. The molecule has 0 spiro atoms. The second kappa shape index (κ2) is 2.71. The van der Waals surface area contributed by atoms with Gasteiger partial charge in [-0.25, -0.2) is 0 Å². The van der Waals surface area contributed by atoms with Gasteiger partial charge in [0.15, 0.2) is 0 Å². The van der Waals surface area contributed by atoms with Crippen molar-refractivity contribution in [2.24, 2.45) is 5.92 Å². The average Bonchev–Trinajstić information content (AvgIpc) is 2.19. The molecule has 1 aliphatic carbocycles. The smallest absolute Gasteiger partial charge is 0.0196 e. The Morgan fingerprint density at radius 2 is 2.62 bits per heavy atom. The highest BCUT2D eigenvalue weighted by atomic mass is 14.1. The molecule has 0 heteroatoms. The number of hydrogen-bond acceptors (Lipinski definition) is 0. The maximum atomic E-state index is 3.69. The zero-order valence-electron chi connectivity index (χ0n) is 5.14. The highest BCUT2D eigenvalue weighted by Gasteiger charge is 2.04. The van der Waals surface area contributed by atoms with Crippen molar-refractivity contribution in [1.82, 2.24) is 0 Å². The summed E-state index contributed by atoms with van der Waals surface area (Å²) in [5, 5.41) is 0. The Bertz CT molecular complexity index is 101. The molecule has 0 fully saturated rings. The van der Waals surface area contributed by atoms with Crippen LogP contribution in [0.25, 0.3) is 0 Å². The number of hydrogen-bond donors (Lipinski definition) is 0. The Labute approximate surface area is 50.9 Å². The normalized spacial score (nSPS) is 26.2. The third-order valence-corrected chi connectivity index (χ3v) is 1.58. The number of rotatable bonds is 2. The zero-order valence-corrected chi connectivity index (χ0v) is 5.14. The molecule has 0 N–H and O–H groups in total. The van der Waals surface area contributed by atoms with Gasteiger partial charge in [-0.15, -0.1) is 6.58 Å². The van der Waals surface area contributed by atoms with Gasteiger partial charge in [0.05, 0.1) is 0 Å². The van der Waals surface area contributed by atoms with Gasteiger partial charge in [-0.05, 0) is 25.2 Å². The Morgan fingerprint density at radius 1 is 1.75 bits per heavy atom. The quantitative estimate of drug-likeness (QED) is 0.477. The molecular weight excluding hydrogens is 96.1 g/mol. The highest BCUT2D eigenvalue weighted by molar-refractivity contribution is 4.98. The van der Waals surface area contributed by atoms with E-state index in [0.717, 1.165) is 12.3 Å². The summed E-state index contributed by atoms with van der Waals surface area (Å²) in [6, 6.07) is 0. The van der Waals surface area contributed by atoms with Gasteiger partial charge in [0.2, 0.25) is 0 Å². The van der Waals surface area contributed by atoms with Crippen LogP contribution in [0.15, 0.2) is 24.8 Å². The Morgan fingerprint density at radius 3 is 3.12 bits per heavy atom. The zero-order chi connectivity index (χ0) is 5.82. The standard InChI is InChI=1S/C8H12/c1-2-5-8-6-3-4-7-8/h2-3,6,8H,1,4-5,7H2/t8-/m1/s1. The summed E-state index contributed by atoms with van der Waals surface area (Å²) in [6.07, 6.45) is 10.3. The van der Waals surface area contributed by atoms with Gasteiger partial charge >= 0.3 is 0 Å². The maximum Gasteiger partial charge on any atom is -0.0196 e. The van der Waals surface area contributed by atoms with Crippen LogP contribution in [0, 0.1) is 5.92 Å². The molecular formula is C8H12. The van der Waals surface area contributed by atoms with Crippen LogP contribution in [0.1, 0.15) is 19.3 Å². The summed E-state index contributed by atoms with van der Waals surface area (Å²) in [4.78, 5) is 0. The van der Waals surface area contributed by atoms with E-state index in [9.17, 15) is 0 Å². The molecule has 0 nitrogen and oxygen atoms in total. The van der Waals surface area contributed by atoms with Crippen molar-refractivity contribution in [2.75, 3.05) is 0 Å². The fourth-order valence-corrected chi connectivity index (χ4v) is 1.11. The van der Waals surface area contributed by atoms with Gasteiger partial charge in [0, 0.05) is 0 Å². The molecule has 0 saturated carbocycles. The monoisotopic (exact) mass is 108 g/mol. The first-order chi connectivity index (χ1) is 3.93. The molecule has 8 heavy (non-hydrogen) atoms. The van der Waals surface area contributed by atoms with E-state index in [1.165, 1.54) is 12.8 Å². The molecule has 1 atom stereocenters. The van der Waals surface area contributed by atoms with Gasteiger partial charge in [-0.2, -0.15) is 0 Å². The van der Waals surface area contributed by atoms with Crippen LogP contribution in [0.4, 0.5) is 0 Å². The Kier molecular flexibility index (Phi) is 1.90. The summed E-state index contributed by atoms with van der Waals surface area (Å²) >= 11 is 0. The van der Waals surface area contributed by atoms with Crippen LogP contribution in [0.2, 0.25) is 0 Å². The van der Waals surface area contributed by atoms with Gasteiger partial charge in [-0.1, -0.05) is 18.2 Å². The van der Waals surface area contributed by atoms with E-state index < -0.39 is 0 Å². The SMILES string of the molecule is C=CC[C@@H]1C=CCC1. The molecule has 0 aromatic carbocycles. The molecule has 0 amide bonds. The third kappa shape index (κ3) is 1.22. The van der Waals surface area contributed by atoms with E-state index in [-0.39, 0.29) is 0 Å². The lowest BCUT2D eigenvalue weighted by Crippen LogP contribution is -1.86. The van der Waals surface area contributed by atoms with Gasteiger partial charge < -0.3 is 0 Å². The fraction of sp³-hybridized carbons (Fsp3) is 0.500. The van der Waals surface area contributed by atoms with Crippen LogP contribution < -0.4 is 0 Å². The molecule has 1 rings (SSSR count). The lowest BCUT2D eigenvalue weighted by molar-refractivity contribution is 0.644. The van der Waals surface area contributed by atoms with Crippen molar-refractivity contribution in [3.63, 3.8) is 0 Å². The van der Waals surface area contributed by atoms with E-state index in [0.29, 0.717) is 0 Å². The minimum absolute atomic E-state index is 0.812. The highest BCUT2D eigenvalue weighted by Crippen LogP contribution is 2.19. The predicted molar refractivity (Wildman–Crippen MR) is 36.7 cm³/mol. The molecule has 0 saturated heterocycles. The van der Waals surface area contributed by atoms with Crippen molar-refractivity contribution >= 4 is 0 Å². The summed E-state index contributed by atoms with van der Waals surface area (Å²) in [7, 11) is 0. The van der Waals surface area contributed by atoms with Crippen molar-refractivity contribution < 1.29 is 0 Å². The lowest BCUT2D eigenvalue weighted by Gasteiger charge is -1.99. The number of allylic oxidation sites excluding steroid dienone is 3. The van der Waals surface area contributed by atoms with E-state index in [1.54, 1.807) is 0 Å². The summed E-state index contributed by atoms with van der Waals surface area (Å²) in [5.41, 5.74) is 0. The fourth-order valence-electron chi connectivity index (χ4n) is 1.11. The summed E-state index contributed by atoms with van der Waals surface area (Å²) in [5.74, 6) is 0.812.